The largest absolute Gasteiger partial charge is 0.455 e. The summed E-state index contributed by atoms with van der Waals surface area (Å²) < 4.78 is 10.2. The number of Topliss-reactive ketones (excluding diaryl/α,β-unsaturated/α-hetero) is 1. The van der Waals surface area contributed by atoms with Gasteiger partial charge >= 0.3 is 5.97 Å². The van der Waals surface area contributed by atoms with Crippen LogP contribution in [-0.4, -0.2) is 29.4 Å². The summed E-state index contributed by atoms with van der Waals surface area (Å²) in [5.74, 6) is -0.602. The first-order valence-electron chi connectivity index (χ1n) is 9.52. The van der Waals surface area contributed by atoms with Crippen LogP contribution in [0.4, 0.5) is 5.82 Å². The van der Waals surface area contributed by atoms with Crippen molar-refractivity contribution in [3.63, 3.8) is 0 Å². The fourth-order valence-electron chi connectivity index (χ4n) is 4.64. The highest BCUT2D eigenvalue weighted by molar-refractivity contribution is 6.01. The second-order valence-electron chi connectivity index (χ2n) is 7.59. The molecule has 2 saturated carbocycles. The van der Waals surface area contributed by atoms with Crippen LogP contribution in [0.1, 0.15) is 35.4 Å². The Labute approximate surface area is 162 Å². The number of carbonyl (C=O) groups excluding carboxylic acids is 3. The first-order chi connectivity index (χ1) is 13.5. The van der Waals surface area contributed by atoms with Gasteiger partial charge in [-0.15, -0.1) is 0 Å². The molecule has 146 valence electrons. The standard InChI is InChI=1S/C21H22N2O5/c1-12-9-16(23-28-12)22-17(24)11-27-21(26)19-15-8-7-14(10-15)18(19)20(25)13-5-3-2-4-6-13/h2-6,9,14-15,18-19H,7-8,10-11H2,1H3,(H,22,23,24)/t14-,15-,18-,19+/m0/s1. The van der Waals surface area contributed by atoms with Gasteiger partial charge in [0.1, 0.15) is 5.76 Å². The summed E-state index contributed by atoms with van der Waals surface area (Å²) in [6.07, 6.45) is 2.75. The average molecular weight is 382 g/mol. The van der Waals surface area contributed by atoms with E-state index in [4.69, 9.17) is 9.26 Å². The zero-order valence-corrected chi connectivity index (χ0v) is 15.6. The van der Waals surface area contributed by atoms with Gasteiger partial charge in [0.15, 0.2) is 18.2 Å². The number of anilines is 1. The molecule has 1 aromatic heterocycles. The van der Waals surface area contributed by atoms with Crippen LogP contribution in [0, 0.1) is 30.6 Å². The Kier molecular flexibility index (Phi) is 4.98. The predicted molar refractivity (Wildman–Crippen MR) is 99.4 cm³/mol. The Balaban J connectivity index is 1.40. The van der Waals surface area contributed by atoms with Gasteiger partial charge in [-0.05, 0) is 38.0 Å². The van der Waals surface area contributed by atoms with Gasteiger partial charge in [-0.1, -0.05) is 35.5 Å². The smallest absolute Gasteiger partial charge is 0.310 e. The van der Waals surface area contributed by atoms with Crippen LogP contribution in [0.15, 0.2) is 40.9 Å². The number of nitrogens with one attached hydrogen (secondary N) is 1. The highest BCUT2D eigenvalue weighted by atomic mass is 16.5. The van der Waals surface area contributed by atoms with Gasteiger partial charge in [-0.3, -0.25) is 14.4 Å². The van der Waals surface area contributed by atoms with Gasteiger partial charge in [0.05, 0.1) is 5.92 Å². The van der Waals surface area contributed by atoms with Crippen LogP contribution in [0.5, 0.6) is 0 Å². The average Bonchev–Trinajstić information content (AvgIpc) is 3.42. The topological polar surface area (TPSA) is 98.5 Å². The van der Waals surface area contributed by atoms with Crippen molar-refractivity contribution in [2.75, 3.05) is 11.9 Å². The van der Waals surface area contributed by atoms with Crippen molar-refractivity contribution in [1.82, 2.24) is 5.16 Å². The Bertz CT molecular complexity index is 891. The SMILES string of the molecule is Cc1cc(NC(=O)COC(=O)[C@@H]2[C@H]3CC[C@@H](C3)[C@@H]2C(=O)c2ccccc2)no1. The highest BCUT2D eigenvalue weighted by Gasteiger charge is 2.54. The van der Waals surface area contributed by atoms with Gasteiger partial charge < -0.3 is 14.6 Å². The van der Waals surface area contributed by atoms with Gasteiger partial charge in [-0.25, -0.2) is 0 Å². The molecule has 7 heteroatoms. The lowest BCUT2D eigenvalue weighted by atomic mass is 9.75. The Morgan fingerprint density at radius 1 is 1.14 bits per heavy atom. The minimum atomic E-state index is -0.490. The first kappa shape index (κ1) is 18.4. The van der Waals surface area contributed by atoms with Gasteiger partial charge in [0, 0.05) is 17.5 Å². The molecule has 2 bridgehead atoms. The number of aryl methyl sites for hydroxylation is 1. The van der Waals surface area contributed by atoms with Crippen molar-refractivity contribution in [2.24, 2.45) is 23.7 Å². The molecule has 1 N–H and O–H groups in total. The van der Waals surface area contributed by atoms with Gasteiger partial charge in [-0.2, -0.15) is 0 Å². The fourth-order valence-corrected chi connectivity index (χ4v) is 4.64. The number of ether oxygens (including phenoxy) is 1. The summed E-state index contributed by atoms with van der Waals surface area (Å²) in [6, 6.07) is 10.6. The van der Waals surface area contributed by atoms with Crippen LogP contribution < -0.4 is 5.32 Å². The number of rotatable bonds is 6. The Morgan fingerprint density at radius 2 is 1.86 bits per heavy atom. The lowest BCUT2D eigenvalue weighted by Crippen LogP contribution is -2.37. The van der Waals surface area contributed by atoms with E-state index in [2.05, 4.69) is 10.5 Å². The van der Waals surface area contributed by atoms with Crippen LogP contribution in [-0.2, 0) is 14.3 Å². The summed E-state index contributed by atoms with van der Waals surface area (Å²) in [5.41, 5.74) is 0.622. The van der Waals surface area contributed by atoms with E-state index in [1.54, 1.807) is 25.1 Å². The second kappa shape index (κ2) is 7.58. The molecule has 2 aliphatic rings. The number of aromatic nitrogens is 1. The van der Waals surface area contributed by atoms with Gasteiger partial charge in [0.25, 0.3) is 5.91 Å². The van der Waals surface area contributed by atoms with E-state index in [1.165, 1.54) is 0 Å². The second-order valence-corrected chi connectivity index (χ2v) is 7.59. The molecule has 0 saturated heterocycles. The minimum absolute atomic E-state index is 0.00252. The van der Waals surface area contributed by atoms with Crippen LogP contribution in [0.3, 0.4) is 0 Å². The van der Waals surface area contributed by atoms with E-state index < -0.39 is 24.4 Å². The molecule has 4 atom stereocenters. The summed E-state index contributed by atoms with van der Waals surface area (Å²) in [5, 5.41) is 6.18. The third-order valence-electron chi connectivity index (χ3n) is 5.79. The van der Waals surface area contributed by atoms with E-state index in [0.29, 0.717) is 11.3 Å². The highest BCUT2D eigenvalue weighted by Crippen LogP contribution is 2.53. The predicted octanol–water partition coefficient (Wildman–Crippen LogP) is 3.01. The molecule has 4 rings (SSSR count). The van der Waals surface area contributed by atoms with E-state index >= 15 is 0 Å². The summed E-state index contributed by atoms with van der Waals surface area (Å²) >= 11 is 0. The number of benzene rings is 1. The number of ketones is 1. The lowest BCUT2D eigenvalue weighted by Gasteiger charge is -2.28. The Morgan fingerprint density at radius 3 is 2.54 bits per heavy atom. The molecule has 1 aromatic carbocycles. The number of hydrogen-bond acceptors (Lipinski definition) is 6. The van der Waals surface area contributed by atoms with Gasteiger partial charge in [0.2, 0.25) is 0 Å². The first-order valence-corrected chi connectivity index (χ1v) is 9.52. The molecule has 0 spiro atoms. The molecule has 0 radical (unpaired) electrons. The number of nitrogens with zero attached hydrogens (tertiary/aromatic N) is 1. The third kappa shape index (κ3) is 3.56. The number of hydrogen-bond donors (Lipinski definition) is 1. The molecule has 2 aliphatic carbocycles. The van der Waals surface area contributed by atoms with Crippen LogP contribution in [0.2, 0.25) is 0 Å². The van der Waals surface area contributed by atoms with Crippen molar-refractivity contribution in [3.8, 4) is 0 Å². The molecule has 0 unspecified atom stereocenters. The maximum Gasteiger partial charge on any atom is 0.310 e. The summed E-state index contributed by atoms with van der Waals surface area (Å²) in [7, 11) is 0. The summed E-state index contributed by atoms with van der Waals surface area (Å²) in [6.45, 7) is 1.30. The molecule has 1 amide bonds. The normalized spacial score (nSPS) is 25.5. The number of carbonyl (C=O) groups is 3. The number of amides is 1. The van der Waals surface area contributed by atoms with Crippen molar-refractivity contribution in [1.29, 1.82) is 0 Å². The summed E-state index contributed by atoms with van der Waals surface area (Å²) in [4.78, 5) is 37.8. The molecule has 28 heavy (non-hydrogen) atoms. The molecule has 2 fully saturated rings. The zero-order chi connectivity index (χ0) is 19.7. The van der Waals surface area contributed by atoms with E-state index in [1.807, 2.05) is 18.2 Å². The van der Waals surface area contributed by atoms with Crippen molar-refractivity contribution in [3.05, 3.63) is 47.7 Å². The zero-order valence-electron chi connectivity index (χ0n) is 15.6. The van der Waals surface area contributed by atoms with Crippen molar-refractivity contribution in [2.45, 2.75) is 26.2 Å². The molecular weight excluding hydrogens is 360 g/mol. The van der Waals surface area contributed by atoms with Crippen molar-refractivity contribution >= 4 is 23.5 Å². The third-order valence-corrected chi connectivity index (χ3v) is 5.79. The Hall–Kier alpha value is -2.96. The van der Waals surface area contributed by atoms with Crippen LogP contribution in [0.25, 0.3) is 0 Å². The van der Waals surface area contributed by atoms with Crippen LogP contribution >= 0.6 is 0 Å². The number of esters is 1. The number of fused-ring (bicyclic) bond motifs is 2. The minimum Gasteiger partial charge on any atom is -0.455 e. The van der Waals surface area contributed by atoms with Crippen molar-refractivity contribution < 1.29 is 23.6 Å². The van der Waals surface area contributed by atoms with E-state index in [0.717, 1.165) is 19.3 Å². The molecule has 2 aromatic rings. The molecule has 1 heterocycles. The van der Waals surface area contributed by atoms with E-state index in [9.17, 15) is 14.4 Å². The maximum atomic E-state index is 13.0. The molecule has 7 nitrogen and oxygen atoms in total. The lowest BCUT2D eigenvalue weighted by molar-refractivity contribution is -0.154. The molecule has 0 aliphatic heterocycles. The fraction of sp³-hybridized carbons (Fsp3) is 0.429. The quantitative estimate of drug-likeness (QED) is 0.609. The van der Waals surface area contributed by atoms with E-state index in [-0.39, 0.29) is 29.4 Å². The monoisotopic (exact) mass is 382 g/mol. The maximum absolute atomic E-state index is 13.0. The molecular formula is C21H22N2O5.